The van der Waals surface area contributed by atoms with E-state index in [1.165, 1.54) is 13.1 Å². The quantitative estimate of drug-likeness (QED) is 0.0434. The molecule has 6 rings (SSSR count). The molecule has 0 fully saturated rings. The van der Waals surface area contributed by atoms with Gasteiger partial charge in [0.25, 0.3) is 0 Å². The summed E-state index contributed by atoms with van der Waals surface area (Å²) in [5.74, 6) is 0.395. The minimum absolute atomic E-state index is 0.0303. The van der Waals surface area contributed by atoms with Crippen molar-refractivity contribution in [2.24, 2.45) is 4.99 Å². The largest absolute Gasteiger partial charge is 0.488 e. The van der Waals surface area contributed by atoms with E-state index in [4.69, 9.17) is 47.6 Å². The number of aliphatic hydroxyl groups is 2. The van der Waals surface area contributed by atoms with Crippen LogP contribution >= 0.6 is 23.2 Å². The van der Waals surface area contributed by atoms with E-state index in [1.807, 2.05) is 44.2 Å². The van der Waals surface area contributed by atoms with E-state index < -0.39 is 18.1 Å². The lowest BCUT2D eigenvalue weighted by Crippen LogP contribution is -2.44. The average molecular weight is 907 g/mol. The number of carbonyl (C=O) groups is 1. The number of aliphatic imine (C=N–C) groups is 1. The normalized spacial score (nSPS) is 12.2. The highest BCUT2D eigenvalue weighted by Gasteiger charge is 2.24. The molecule has 4 aromatic carbocycles. The third kappa shape index (κ3) is 12.0. The molecule has 0 saturated carbocycles. The molecule has 0 amide bonds. The van der Waals surface area contributed by atoms with Gasteiger partial charge in [0.05, 0.1) is 22.8 Å². The minimum Gasteiger partial charge on any atom is -0.488 e. The Kier molecular flexibility index (Phi) is 16.4. The number of aliphatic hydroxyl groups excluding tert-OH is 2. The molecule has 0 aliphatic rings. The molecule has 0 aliphatic carbocycles. The summed E-state index contributed by atoms with van der Waals surface area (Å²) in [7, 11) is 1.69. The van der Waals surface area contributed by atoms with Crippen molar-refractivity contribution >= 4 is 41.6 Å². The molecule has 2 aromatic heterocycles. The van der Waals surface area contributed by atoms with E-state index in [0.29, 0.717) is 44.7 Å². The summed E-state index contributed by atoms with van der Waals surface area (Å²) in [5, 5.41) is 40.8. The molecule has 15 heteroatoms. The Morgan fingerprint density at radius 3 is 1.73 bits per heavy atom. The molecule has 2 atom stereocenters. The van der Waals surface area contributed by atoms with Crippen LogP contribution in [-0.4, -0.2) is 62.9 Å². The first-order valence-corrected chi connectivity index (χ1v) is 21.0. The molecular formula is C49H49Cl2N5O8. The van der Waals surface area contributed by atoms with Crippen LogP contribution in [0.15, 0.2) is 103 Å². The highest BCUT2D eigenvalue weighted by molar-refractivity contribution is 6.32. The Labute approximate surface area is 381 Å². The van der Waals surface area contributed by atoms with Crippen LogP contribution in [0.1, 0.15) is 62.6 Å². The Bertz CT molecular complexity index is 2640. The van der Waals surface area contributed by atoms with E-state index in [0.717, 1.165) is 50.1 Å². The van der Waals surface area contributed by atoms with Crippen molar-refractivity contribution < 1.29 is 39.1 Å². The monoisotopic (exact) mass is 905 g/mol. The number of aliphatic carboxylic acids is 1. The van der Waals surface area contributed by atoms with E-state index in [2.05, 4.69) is 32.4 Å². The molecule has 64 heavy (non-hydrogen) atoms. The predicted octanol–water partition coefficient (Wildman–Crippen LogP) is 8.85. The second kappa shape index (κ2) is 22.3. The van der Waals surface area contributed by atoms with Crippen LogP contribution < -0.4 is 24.3 Å². The topological polar surface area (TPSA) is 189 Å². The van der Waals surface area contributed by atoms with Crippen molar-refractivity contribution in [3.05, 3.63) is 163 Å². The van der Waals surface area contributed by atoms with Crippen LogP contribution in [0.3, 0.4) is 0 Å². The van der Waals surface area contributed by atoms with Gasteiger partial charge in [-0.15, -0.1) is 0 Å². The van der Waals surface area contributed by atoms with Crippen molar-refractivity contribution in [2.45, 2.75) is 72.5 Å². The van der Waals surface area contributed by atoms with E-state index in [1.54, 1.807) is 68.4 Å². The first-order valence-electron chi connectivity index (χ1n) is 20.3. The fourth-order valence-electron chi connectivity index (χ4n) is 6.96. The van der Waals surface area contributed by atoms with Crippen LogP contribution in [-0.2, 0) is 44.4 Å². The third-order valence-electron chi connectivity index (χ3n) is 10.5. The Morgan fingerprint density at radius 1 is 0.734 bits per heavy atom. The van der Waals surface area contributed by atoms with Gasteiger partial charge in [0.15, 0.2) is 0 Å². The summed E-state index contributed by atoms with van der Waals surface area (Å²) in [6, 6.07) is 21.2. The molecule has 0 spiro atoms. The molecule has 332 valence electrons. The third-order valence-corrected chi connectivity index (χ3v) is 11.1. The molecule has 5 N–H and O–H groups in total. The number of benzene rings is 4. The highest BCUT2D eigenvalue weighted by Crippen LogP contribution is 2.37. The van der Waals surface area contributed by atoms with Gasteiger partial charge in [0.1, 0.15) is 55.5 Å². The SMILES string of the molecule is CN=Cc1cncc(COc2cc(OCc3cccc(-c4cccc(COc5cc(OCc6cncc(C=N)c6)c(CNC(C(=O)O)C(C)O)cc5Cl)c4C)c3C)c(Cl)cc2CO)c1. The van der Waals surface area contributed by atoms with Crippen molar-refractivity contribution in [3.63, 3.8) is 0 Å². The van der Waals surface area contributed by atoms with Crippen molar-refractivity contribution in [1.29, 1.82) is 5.41 Å². The minimum atomic E-state index is -1.22. The first-order chi connectivity index (χ1) is 30.9. The first kappa shape index (κ1) is 47.1. The summed E-state index contributed by atoms with van der Waals surface area (Å²) >= 11 is 13.4. The van der Waals surface area contributed by atoms with Crippen molar-refractivity contribution in [1.82, 2.24) is 15.3 Å². The number of nitrogens with zero attached hydrogens (tertiary/aromatic N) is 3. The zero-order valence-electron chi connectivity index (χ0n) is 35.8. The van der Waals surface area contributed by atoms with Gasteiger partial charge < -0.3 is 39.7 Å². The van der Waals surface area contributed by atoms with E-state index >= 15 is 0 Å². The number of carboxylic acids is 1. The van der Waals surface area contributed by atoms with Gasteiger partial charge in [0, 0.05) is 96.3 Å². The van der Waals surface area contributed by atoms with Gasteiger partial charge in [-0.2, -0.15) is 0 Å². The Balaban J connectivity index is 1.19. The number of ether oxygens (including phenoxy) is 4. The van der Waals surface area contributed by atoms with Gasteiger partial charge in [-0.25, -0.2) is 0 Å². The van der Waals surface area contributed by atoms with Gasteiger partial charge in [-0.3, -0.25) is 25.1 Å². The molecule has 2 heterocycles. The number of hydrogen-bond acceptors (Lipinski definition) is 12. The maximum atomic E-state index is 11.8. The molecule has 6 aromatic rings. The molecule has 2 unspecified atom stereocenters. The van der Waals surface area contributed by atoms with Crippen LogP contribution in [0.2, 0.25) is 10.0 Å². The van der Waals surface area contributed by atoms with Crippen LogP contribution in [0, 0.1) is 19.3 Å². The van der Waals surface area contributed by atoms with E-state index in [-0.39, 0.29) is 44.6 Å². The number of halogens is 2. The van der Waals surface area contributed by atoms with Gasteiger partial charge in [-0.1, -0.05) is 59.6 Å². The smallest absolute Gasteiger partial charge is 0.323 e. The molecule has 0 aliphatic heterocycles. The van der Waals surface area contributed by atoms with Crippen LogP contribution in [0.25, 0.3) is 11.1 Å². The number of aromatic nitrogens is 2. The molecule has 0 bridgehead atoms. The predicted molar refractivity (Wildman–Crippen MR) is 247 cm³/mol. The maximum absolute atomic E-state index is 11.8. The standard InChI is InChI=1S/C49H49Cl2N5O8/c1-29-36(27-63-46-15-44(61-25-34-11-32(17-52)19-54-21-34)38(13-42(46)50)23-56-48(31(3)58)49(59)60)7-5-9-40(29)41-10-6-8-37(30(41)2)28-64-47-16-45(39(24-57)14-43(47)51)62-26-35-12-33(18-53-4)20-55-22-35/h5-22,31,48,52,56-58H,23-28H2,1-4H3,(H,59,60). The van der Waals surface area contributed by atoms with Crippen LogP contribution in [0.4, 0.5) is 0 Å². The number of rotatable bonds is 21. The van der Waals surface area contributed by atoms with Gasteiger partial charge >= 0.3 is 5.97 Å². The number of carboxylic acid groups (broad SMARTS) is 1. The zero-order chi connectivity index (χ0) is 45.8. The fraction of sp³-hybridized carbons (Fsp3) is 0.245. The lowest BCUT2D eigenvalue weighted by atomic mass is 9.92. The molecule has 0 saturated heterocycles. The van der Waals surface area contributed by atoms with Crippen molar-refractivity contribution in [2.75, 3.05) is 7.05 Å². The lowest BCUT2D eigenvalue weighted by Gasteiger charge is -2.20. The number of hydrogen-bond donors (Lipinski definition) is 5. The lowest BCUT2D eigenvalue weighted by molar-refractivity contribution is -0.142. The number of nitrogens with one attached hydrogen (secondary N) is 2. The fourth-order valence-corrected chi connectivity index (χ4v) is 7.44. The molecule has 13 nitrogen and oxygen atoms in total. The number of pyridine rings is 2. The van der Waals surface area contributed by atoms with Gasteiger partial charge in [0.2, 0.25) is 0 Å². The molecular weight excluding hydrogens is 857 g/mol. The summed E-state index contributed by atoms with van der Waals surface area (Å²) in [6.45, 7) is 5.95. The summed E-state index contributed by atoms with van der Waals surface area (Å²) in [4.78, 5) is 24.3. The summed E-state index contributed by atoms with van der Waals surface area (Å²) in [6.07, 6.45) is 8.38. The molecule has 0 radical (unpaired) electrons. The van der Waals surface area contributed by atoms with Crippen LogP contribution in [0.5, 0.6) is 23.0 Å². The Morgan fingerprint density at radius 2 is 1.23 bits per heavy atom. The Hall–Kier alpha value is -6.35. The zero-order valence-corrected chi connectivity index (χ0v) is 37.3. The average Bonchev–Trinajstić information content (AvgIpc) is 3.28. The second-order valence-electron chi connectivity index (χ2n) is 15.0. The maximum Gasteiger partial charge on any atom is 0.323 e. The second-order valence-corrected chi connectivity index (χ2v) is 15.8. The van der Waals surface area contributed by atoms with Gasteiger partial charge in [-0.05, 0) is 78.4 Å². The van der Waals surface area contributed by atoms with E-state index in [9.17, 15) is 20.1 Å². The van der Waals surface area contributed by atoms with Crippen molar-refractivity contribution in [3.8, 4) is 34.1 Å². The summed E-state index contributed by atoms with van der Waals surface area (Å²) < 4.78 is 25.0. The highest BCUT2D eigenvalue weighted by atomic mass is 35.5. The summed E-state index contributed by atoms with van der Waals surface area (Å²) in [5.41, 5.74) is 10.00.